The van der Waals surface area contributed by atoms with Crippen molar-refractivity contribution in [2.24, 2.45) is 0 Å². The van der Waals surface area contributed by atoms with Gasteiger partial charge in [-0.15, -0.1) is 0 Å². The largest absolute Gasteiger partial charge is 0.494 e. The van der Waals surface area contributed by atoms with Crippen LogP contribution in [0.4, 0.5) is 0 Å². The van der Waals surface area contributed by atoms with E-state index in [4.69, 9.17) is 4.74 Å². The van der Waals surface area contributed by atoms with Gasteiger partial charge in [0.05, 0.1) is 12.4 Å². The molecular formula is C13H18O2S. The molecule has 0 aliphatic heterocycles. The van der Waals surface area contributed by atoms with Crippen molar-refractivity contribution in [3.05, 3.63) is 29.8 Å². The van der Waals surface area contributed by atoms with Gasteiger partial charge in [-0.2, -0.15) is 11.8 Å². The normalized spacial score (nSPS) is 10.5. The van der Waals surface area contributed by atoms with Crippen LogP contribution in [0.15, 0.2) is 24.3 Å². The minimum Gasteiger partial charge on any atom is -0.494 e. The van der Waals surface area contributed by atoms with E-state index >= 15 is 0 Å². The number of ether oxygens (including phenoxy) is 1. The molecule has 0 bridgehead atoms. The predicted octanol–water partition coefficient (Wildman–Crippen LogP) is 3.41. The second kappa shape index (κ2) is 6.59. The number of carbonyl (C=O) groups is 1. The van der Waals surface area contributed by atoms with Crippen molar-refractivity contribution < 1.29 is 9.53 Å². The van der Waals surface area contributed by atoms with Crippen LogP contribution in [0, 0.1) is 0 Å². The third-order valence-electron chi connectivity index (χ3n) is 2.01. The molecule has 88 valence electrons. The van der Waals surface area contributed by atoms with E-state index in [0.29, 0.717) is 17.6 Å². The first-order valence-corrected chi connectivity index (χ1v) is 6.56. The predicted molar refractivity (Wildman–Crippen MR) is 69.5 cm³/mol. The molecule has 0 radical (unpaired) electrons. The molecule has 1 aromatic rings. The van der Waals surface area contributed by atoms with E-state index in [1.165, 1.54) is 0 Å². The van der Waals surface area contributed by atoms with Crippen molar-refractivity contribution in [1.82, 2.24) is 0 Å². The summed E-state index contributed by atoms with van der Waals surface area (Å²) in [6.45, 7) is 6.74. The fraction of sp³-hybridized carbons (Fsp3) is 0.462. The summed E-state index contributed by atoms with van der Waals surface area (Å²) in [5, 5.41) is 0.485. The Balaban J connectivity index is 2.64. The van der Waals surface area contributed by atoms with E-state index in [1.807, 2.05) is 31.2 Å². The first-order chi connectivity index (χ1) is 7.63. The smallest absolute Gasteiger partial charge is 0.172 e. The van der Waals surface area contributed by atoms with Crippen molar-refractivity contribution >= 4 is 17.5 Å². The van der Waals surface area contributed by atoms with Gasteiger partial charge in [0.25, 0.3) is 0 Å². The second-order valence-electron chi connectivity index (χ2n) is 3.74. The fourth-order valence-electron chi connectivity index (χ4n) is 1.25. The Morgan fingerprint density at radius 1 is 1.44 bits per heavy atom. The van der Waals surface area contributed by atoms with Crippen LogP contribution in [0.2, 0.25) is 0 Å². The van der Waals surface area contributed by atoms with Gasteiger partial charge in [0.1, 0.15) is 5.75 Å². The van der Waals surface area contributed by atoms with Gasteiger partial charge in [0.2, 0.25) is 0 Å². The molecular weight excluding hydrogens is 220 g/mol. The highest BCUT2D eigenvalue weighted by molar-refractivity contribution is 8.00. The number of carbonyl (C=O) groups excluding carboxylic acids is 1. The summed E-state index contributed by atoms with van der Waals surface area (Å²) in [5.74, 6) is 1.47. The van der Waals surface area contributed by atoms with Crippen LogP contribution in [0.25, 0.3) is 0 Å². The molecule has 0 amide bonds. The number of hydrogen-bond donors (Lipinski definition) is 0. The maximum absolute atomic E-state index is 11.8. The van der Waals surface area contributed by atoms with Gasteiger partial charge in [-0.05, 0) is 24.3 Å². The average molecular weight is 238 g/mol. The average Bonchev–Trinajstić information content (AvgIpc) is 2.26. The van der Waals surface area contributed by atoms with E-state index in [9.17, 15) is 4.79 Å². The van der Waals surface area contributed by atoms with E-state index in [1.54, 1.807) is 11.8 Å². The topological polar surface area (TPSA) is 26.3 Å². The van der Waals surface area contributed by atoms with Crippen LogP contribution in [-0.4, -0.2) is 23.4 Å². The lowest BCUT2D eigenvalue weighted by atomic mass is 10.1. The number of Topliss-reactive ketones (excluding diaryl/α,β-unsaturated/α-hetero) is 1. The van der Waals surface area contributed by atoms with E-state index in [0.717, 1.165) is 11.3 Å². The lowest BCUT2D eigenvalue weighted by Crippen LogP contribution is -2.05. The summed E-state index contributed by atoms with van der Waals surface area (Å²) in [4.78, 5) is 11.8. The lowest BCUT2D eigenvalue weighted by molar-refractivity contribution is 0.102. The third-order valence-corrected chi connectivity index (χ3v) is 3.11. The maximum atomic E-state index is 11.8. The standard InChI is InChI=1S/C13H18O2S/c1-4-15-12-7-5-6-11(8-12)13(14)9-16-10(2)3/h5-8,10H,4,9H2,1-3H3. The molecule has 0 saturated heterocycles. The summed E-state index contributed by atoms with van der Waals surface area (Å²) < 4.78 is 5.36. The van der Waals surface area contributed by atoms with Crippen molar-refractivity contribution in [2.75, 3.05) is 12.4 Å². The molecule has 1 rings (SSSR count). The number of thioether (sulfide) groups is 1. The van der Waals surface area contributed by atoms with Crippen LogP contribution in [0.3, 0.4) is 0 Å². The summed E-state index contributed by atoms with van der Waals surface area (Å²) in [6, 6.07) is 7.38. The highest BCUT2D eigenvalue weighted by Crippen LogP contribution is 2.17. The lowest BCUT2D eigenvalue weighted by Gasteiger charge is -2.06. The van der Waals surface area contributed by atoms with Crippen LogP contribution in [0.1, 0.15) is 31.1 Å². The van der Waals surface area contributed by atoms with Crippen molar-refractivity contribution in [3.63, 3.8) is 0 Å². The van der Waals surface area contributed by atoms with Crippen LogP contribution < -0.4 is 4.74 Å². The molecule has 2 nitrogen and oxygen atoms in total. The Morgan fingerprint density at radius 3 is 2.81 bits per heavy atom. The maximum Gasteiger partial charge on any atom is 0.172 e. The van der Waals surface area contributed by atoms with E-state index in [-0.39, 0.29) is 5.78 Å². The van der Waals surface area contributed by atoms with Crippen molar-refractivity contribution in [2.45, 2.75) is 26.0 Å². The van der Waals surface area contributed by atoms with Gasteiger partial charge in [-0.3, -0.25) is 4.79 Å². The zero-order valence-electron chi connectivity index (χ0n) is 10.0. The van der Waals surface area contributed by atoms with Crippen LogP contribution in [-0.2, 0) is 0 Å². The number of rotatable bonds is 6. The molecule has 0 N–H and O–H groups in total. The van der Waals surface area contributed by atoms with Gasteiger partial charge in [0.15, 0.2) is 5.78 Å². The zero-order chi connectivity index (χ0) is 12.0. The molecule has 1 aromatic carbocycles. The Bertz CT molecular complexity index is 348. The quantitative estimate of drug-likeness (QED) is 0.710. The summed E-state index contributed by atoms with van der Waals surface area (Å²) in [6.07, 6.45) is 0. The molecule has 0 aliphatic rings. The second-order valence-corrected chi connectivity index (χ2v) is 5.31. The first-order valence-electron chi connectivity index (χ1n) is 5.51. The molecule has 3 heteroatoms. The van der Waals surface area contributed by atoms with E-state index in [2.05, 4.69) is 13.8 Å². The van der Waals surface area contributed by atoms with Crippen LogP contribution in [0.5, 0.6) is 5.75 Å². The highest BCUT2D eigenvalue weighted by Gasteiger charge is 2.08. The van der Waals surface area contributed by atoms with E-state index < -0.39 is 0 Å². The third kappa shape index (κ3) is 4.27. The summed E-state index contributed by atoms with van der Waals surface area (Å²) in [7, 11) is 0. The molecule has 0 spiro atoms. The molecule has 0 heterocycles. The fourth-order valence-corrected chi connectivity index (χ4v) is 1.90. The molecule has 0 unspecified atom stereocenters. The Hall–Kier alpha value is -0.960. The number of hydrogen-bond acceptors (Lipinski definition) is 3. The molecule has 0 atom stereocenters. The van der Waals surface area contributed by atoms with Gasteiger partial charge in [-0.1, -0.05) is 26.0 Å². The summed E-state index contributed by atoms with van der Waals surface area (Å²) in [5.41, 5.74) is 0.735. The van der Waals surface area contributed by atoms with Crippen LogP contribution >= 0.6 is 11.8 Å². The minimum absolute atomic E-state index is 0.167. The van der Waals surface area contributed by atoms with Gasteiger partial charge < -0.3 is 4.74 Å². The molecule has 0 saturated carbocycles. The Kier molecular flexibility index (Phi) is 5.39. The summed E-state index contributed by atoms with van der Waals surface area (Å²) >= 11 is 1.66. The Morgan fingerprint density at radius 2 is 2.19 bits per heavy atom. The number of benzene rings is 1. The molecule has 16 heavy (non-hydrogen) atoms. The Labute approximate surface area is 101 Å². The van der Waals surface area contributed by atoms with Gasteiger partial charge >= 0.3 is 0 Å². The number of ketones is 1. The monoisotopic (exact) mass is 238 g/mol. The van der Waals surface area contributed by atoms with Crippen molar-refractivity contribution in [1.29, 1.82) is 0 Å². The van der Waals surface area contributed by atoms with Crippen molar-refractivity contribution in [3.8, 4) is 5.75 Å². The van der Waals surface area contributed by atoms with Gasteiger partial charge in [0, 0.05) is 5.56 Å². The SMILES string of the molecule is CCOc1cccc(C(=O)CSC(C)C)c1. The first kappa shape index (κ1) is 13.1. The molecule has 0 aliphatic carbocycles. The van der Waals surface area contributed by atoms with Gasteiger partial charge in [-0.25, -0.2) is 0 Å². The highest BCUT2D eigenvalue weighted by atomic mass is 32.2. The zero-order valence-corrected chi connectivity index (χ0v) is 10.8. The minimum atomic E-state index is 0.167. The molecule has 0 aromatic heterocycles. The molecule has 0 fully saturated rings.